The standard InChI is InChI=1S/C19H14F2O4S2/c1-11-2-4-12(5-3-11)16-8-13(18(26-16)19(22)23)10-27(24,25)17-7-6-14(20)9-15(17)21/h2-9H,10H2,1H3,(H,22,23). The van der Waals surface area contributed by atoms with Crippen LogP contribution in [0.5, 0.6) is 0 Å². The van der Waals surface area contributed by atoms with Crippen molar-refractivity contribution in [3.05, 3.63) is 76.2 Å². The third kappa shape index (κ3) is 4.06. The van der Waals surface area contributed by atoms with Crippen LogP contribution in [0.3, 0.4) is 0 Å². The Bertz CT molecular complexity index is 1120. The number of aromatic carboxylic acids is 1. The maximum absolute atomic E-state index is 13.9. The summed E-state index contributed by atoms with van der Waals surface area (Å²) in [6.45, 7) is 1.91. The molecule has 2 aromatic carbocycles. The first kappa shape index (κ1) is 19.2. The number of rotatable bonds is 5. The average molecular weight is 408 g/mol. The number of thiophene rings is 1. The molecule has 0 unspecified atom stereocenters. The van der Waals surface area contributed by atoms with E-state index in [9.17, 15) is 27.1 Å². The molecule has 0 bridgehead atoms. The zero-order valence-corrected chi connectivity index (χ0v) is 15.7. The van der Waals surface area contributed by atoms with Crippen molar-refractivity contribution in [1.82, 2.24) is 0 Å². The third-order valence-corrected chi connectivity index (χ3v) is 6.82. The van der Waals surface area contributed by atoms with E-state index >= 15 is 0 Å². The van der Waals surface area contributed by atoms with Crippen LogP contribution in [0, 0.1) is 18.6 Å². The molecular weight excluding hydrogens is 394 g/mol. The maximum atomic E-state index is 13.9. The highest BCUT2D eigenvalue weighted by molar-refractivity contribution is 7.90. The number of carboxylic acids is 1. The van der Waals surface area contributed by atoms with Gasteiger partial charge in [0.1, 0.15) is 21.4 Å². The van der Waals surface area contributed by atoms with Gasteiger partial charge in [-0.05, 0) is 36.2 Å². The molecule has 0 spiro atoms. The van der Waals surface area contributed by atoms with E-state index in [1.165, 1.54) is 6.07 Å². The predicted octanol–water partition coefficient (Wildman–Crippen LogP) is 4.67. The van der Waals surface area contributed by atoms with Crippen molar-refractivity contribution in [1.29, 1.82) is 0 Å². The Labute approximate surface area is 158 Å². The molecule has 1 heterocycles. The van der Waals surface area contributed by atoms with Gasteiger partial charge >= 0.3 is 5.97 Å². The first-order valence-electron chi connectivity index (χ1n) is 7.78. The Hall–Kier alpha value is -2.58. The molecule has 0 radical (unpaired) electrons. The second-order valence-electron chi connectivity index (χ2n) is 5.97. The lowest BCUT2D eigenvalue weighted by atomic mass is 10.1. The van der Waals surface area contributed by atoms with Crippen molar-refractivity contribution < 1.29 is 27.1 Å². The minimum Gasteiger partial charge on any atom is -0.477 e. The Kier molecular flexibility index (Phi) is 5.12. The SMILES string of the molecule is Cc1ccc(-c2cc(CS(=O)(=O)c3ccc(F)cc3F)c(C(=O)O)s2)cc1. The van der Waals surface area contributed by atoms with Crippen molar-refractivity contribution in [2.45, 2.75) is 17.6 Å². The number of halogens is 2. The van der Waals surface area contributed by atoms with Gasteiger partial charge in [0.25, 0.3) is 0 Å². The van der Waals surface area contributed by atoms with Crippen LogP contribution in [-0.2, 0) is 15.6 Å². The van der Waals surface area contributed by atoms with E-state index in [0.717, 1.165) is 34.6 Å². The summed E-state index contributed by atoms with van der Waals surface area (Å²) in [4.78, 5) is 11.3. The van der Waals surface area contributed by atoms with Crippen LogP contribution in [0.2, 0.25) is 0 Å². The topological polar surface area (TPSA) is 71.4 Å². The molecule has 0 amide bonds. The average Bonchev–Trinajstić information content (AvgIpc) is 2.98. The fourth-order valence-corrected chi connectivity index (χ4v) is 5.13. The van der Waals surface area contributed by atoms with E-state index in [-0.39, 0.29) is 10.4 Å². The molecule has 1 N–H and O–H groups in total. The van der Waals surface area contributed by atoms with E-state index in [4.69, 9.17) is 0 Å². The van der Waals surface area contributed by atoms with Crippen LogP contribution in [0.1, 0.15) is 20.8 Å². The van der Waals surface area contributed by atoms with Gasteiger partial charge in [0, 0.05) is 10.9 Å². The first-order chi connectivity index (χ1) is 12.7. The molecular formula is C19H14F2O4S2. The number of benzene rings is 2. The normalized spacial score (nSPS) is 11.5. The van der Waals surface area contributed by atoms with E-state index in [1.54, 1.807) is 0 Å². The maximum Gasteiger partial charge on any atom is 0.346 e. The summed E-state index contributed by atoms with van der Waals surface area (Å²) in [5, 5.41) is 9.42. The molecule has 1 aromatic heterocycles. The van der Waals surface area contributed by atoms with Crippen LogP contribution in [0.25, 0.3) is 10.4 Å². The summed E-state index contributed by atoms with van der Waals surface area (Å²) in [6.07, 6.45) is 0. The van der Waals surface area contributed by atoms with Gasteiger partial charge in [0.05, 0.1) is 5.75 Å². The quantitative estimate of drug-likeness (QED) is 0.623. The summed E-state index contributed by atoms with van der Waals surface area (Å²) >= 11 is 0.951. The summed E-state index contributed by atoms with van der Waals surface area (Å²) in [5.41, 5.74) is 1.85. The molecule has 0 saturated carbocycles. The fourth-order valence-electron chi connectivity index (χ4n) is 2.59. The largest absolute Gasteiger partial charge is 0.477 e. The Morgan fingerprint density at radius 2 is 1.74 bits per heavy atom. The molecule has 0 aliphatic heterocycles. The van der Waals surface area contributed by atoms with Gasteiger partial charge in [-0.1, -0.05) is 29.8 Å². The number of hydrogen-bond acceptors (Lipinski definition) is 4. The van der Waals surface area contributed by atoms with E-state index < -0.39 is 38.1 Å². The molecule has 0 aliphatic carbocycles. The molecule has 0 atom stereocenters. The van der Waals surface area contributed by atoms with Crippen molar-refractivity contribution >= 4 is 27.1 Å². The third-order valence-electron chi connectivity index (χ3n) is 3.91. The Morgan fingerprint density at radius 3 is 2.33 bits per heavy atom. The van der Waals surface area contributed by atoms with Crippen LogP contribution in [0.4, 0.5) is 8.78 Å². The van der Waals surface area contributed by atoms with Crippen LogP contribution in [-0.4, -0.2) is 19.5 Å². The first-order valence-corrected chi connectivity index (χ1v) is 10.2. The van der Waals surface area contributed by atoms with Crippen molar-refractivity contribution in [3.63, 3.8) is 0 Å². The molecule has 0 aliphatic rings. The van der Waals surface area contributed by atoms with Gasteiger partial charge in [0.2, 0.25) is 0 Å². The van der Waals surface area contributed by atoms with Crippen LogP contribution in [0.15, 0.2) is 53.4 Å². The Morgan fingerprint density at radius 1 is 1.07 bits per heavy atom. The minimum absolute atomic E-state index is 0.0619. The highest BCUT2D eigenvalue weighted by Gasteiger charge is 2.25. The second-order valence-corrected chi connectivity index (χ2v) is 8.98. The summed E-state index contributed by atoms with van der Waals surface area (Å²) in [7, 11) is -4.19. The molecule has 0 fully saturated rings. The van der Waals surface area contributed by atoms with Crippen molar-refractivity contribution in [3.8, 4) is 10.4 Å². The molecule has 3 rings (SSSR count). The van der Waals surface area contributed by atoms with Crippen molar-refractivity contribution in [2.75, 3.05) is 0 Å². The molecule has 3 aromatic rings. The van der Waals surface area contributed by atoms with Gasteiger partial charge < -0.3 is 5.11 Å². The number of sulfone groups is 1. The highest BCUT2D eigenvalue weighted by Crippen LogP contribution is 2.34. The fraction of sp³-hybridized carbons (Fsp3) is 0.105. The Balaban J connectivity index is 2.03. The summed E-state index contributed by atoms with van der Waals surface area (Å²) < 4.78 is 52.0. The van der Waals surface area contributed by atoms with Gasteiger partial charge in [-0.2, -0.15) is 0 Å². The zero-order chi connectivity index (χ0) is 19.8. The molecule has 140 valence electrons. The number of carboxylic acid groups (broad SMARTS) is 1. The van der Waals surface area contributed by atoms with E-state index in [0.29, 0.717) is 10.9 Å². The lowest BCUT2D eigenvalue weighted by Gasteiger charge is -2.05. The smallest absolute Gasteiger partial charge is 0.346 e. The molecule has 27 heavy (non-hydrogen) atoms. The summed E-state index contributed by atoms with van der Waals surface area (Å²) in [5.74, 6) is -4.06. The second kappa shape index (κ2) is 7.21. The predicted molar refractivity (Wildman–Crippen MR) is 98.7 cm³/mol. The van der Waals surface area contributed by atoms with Gasteiger partial charge in [-0.15, -0.1) is 11.3 Å². The number of carbonyl (C=O) groups is 1. The van der Waals surface area contributed by atoms with E-state index in [1.807, 2.05) is 31.2 Å². The number of hydrogen-bond donors (Lipinski definition) is 1. The molecule has 0 saturated heterocycles. The van der Waals surface area contributed by atoms with Crippen LogP contribution >= 0.6 is 11.3 Å². The number of aryl methyl sites for hydroxylation is 1. The monoisotopic (exact) mass is 408 g/mol. The van der Waals surface area contributed by atoms with Gasteiger partial charge in [-0.3, -0.25) is 0 Å². The highest BCUT2D eigenvalue weighted by atomic mass is 32.2. The van der Waals surface area contributed by atoms with Crippen molar-refractivity contribution in [2.24, 2.45) is 0 Å². The lowest BCUT2D eigenvalue weighted by molar-refractivity contribution is 0.0701. The minimum atomic E-state index is -4.19. The van der Waals surface area contributed by atoms with Gasteiger partial charge in [0.15, 0.2) is 9.84 Å². The van der Waals surface area contributed by atoms with Gasteiger partial charge in [-0.25, -0.2) is 22.0 Å². The molecule has 8 heteroatoms. The zero-order valence-electron chi connectivity index (χ0n) is 14.1. The summed E-state index contributed by atoms with van der Waals surface area (Å²) in [6, 6.07) is 11.0. The lowest BCUT2D eigenvalue weighted by Crippen LogP contribution is -2.09. The van der Waals surface area contributed by atoms with E-state index in [2.05, 4.69) is 0 Å². The van der Waals surface area contributed by atoms with Crippen LogP contribution < -0.4 is 0 Å². The molecule has 4 nitrogen and oxygen atoms in total.